The number of carbonyl (C=O) groups excluding carboxylic acids is 1. The van der Waals surface area contributed by atoms with Crippen LogP contribution in [0.1, 0.15) is 29.6 Å². The minimum absolute atomic E-state index is 0.179. The monoisotopic (exact) mass is 326 g/mol. The van der Waals surface area contributed by atoms with Gasteiger partial charge in [0.2, 0.25) is 5.95 Å². The lowest BCUT2D eigenvalue weighted by Gasteiger charge is -2.14. The number of carboxylic acids is 2. The van der Waals surface area contributed by atoms with Gasteiger partial charge in [-0.2, -0.15) is 4.39 Å². The number of pyridine rings is 1. The third-order valence-electron chi connectivity index (χ3n) is 3.21. The van der Waals surface area contributed by atoms with Gasteiger partial charge in [0, 0.05) is 12.7 Å². The minimum atomic E-state index is -1.26. The van der Waals surface area contributed by atoms with Crippen molar-refractivity contribution in [2.24, 2.45) is 11.7 Å². The first-order chi connectivity index (χ1) is 10.8. The number of amides is 1. The van der Waals surface area contributed by atoms with Gasteiger partial charge in [0.1, 0.15) is 6.04 Å². The molecule has 0 fully saturated rings. The number of halogens is 1. The zero-order valence-electron chi connectivity index (χ0n) is 12.2. The van der Waals surface area contributed by atoms with Crippen LogP contribution in [-0.2, 0) is 9.59 Å². The molecule has 0 unspecified atom stereocenters. The first kappa shape index (κ1) is 18.5. The summed E-state index contributed by atoms with van der Waals surface area (Å²) in [5, 5.41) is 20.3. The summed E-state index contributed by atoms with van der Waals surface area (Å²) >= 11 is 0. The van der Waals surface area contributed by atoms with Crippen molar-refractivity contribution in [2.75, 3.05) is 6.54 Å². The summed E-state index contributed by atoms with van der Waals surface area (Å²) in [7, 11) is 0. The Kier molecular flexibility index (Phi) is 7.07. The Bertz CT molecular complexity index is 564. The summed E-state index contributed by atoms with van der Waals surface area (Å²) < 4.78 is 12.6. The molecule has 0 aliphatic carbocycles. The second-order valence-electron chi connectivity index (χ2n) is 4.98. The Morgan fingerprint density at radius 3 is 2.48 bits per heavy atom. The van der Waals surface area contributed by atoms with E-state index < -0.39 is 35.8 Å². The van der Waals surface area contributed by atoms with Crippen molar-refractivity contribution in [1.29, 1.82) is 0 Å². The van der Waals surface area contributed by atoms with Gasteiger partial charge in [0.05, 0.1) is 11.5 Å². The van der Waals surface area contributed by atoms with Crippen molar-refractivity contribution in [1.82, 2.24) is 10.3 Å². The molecule has 1 amide bonds. The Morgan fingerprint density at radius 2 is 1.96 bits per heavy atom. The number of nitrogens with one attached hydrogen (secondary N) is 1. The van der Waals surface area contributed by atoms with Gasteiger partial charge in [-0.25, -0.2) is 4.98 Å². The Labute approximate surface area is 131 Å². The maximum atomic E-state index is 12.6. The predicted octanol–water partition coefficient (Wildman–Crippen LogP) is 0.233. The maximum absolute atomic E-state index is 12.6. The van der Waals surface area contributed by atoms with E-state index in [0.29, 0.717) is 6.42 Å². The van der Waals surface area contributed by atoms with Crippen LogP contribution in [0.4, 0.5) is 4.39 Å². The van der Waals surface area contributed by atoms with Crippen LogP contribution < -0.4 is 11.1 Å². The van der Waals surface area contributed by atoms with E-state index in [1.165, 1.54) is 6.07 Å². The van der Waals surface area contributed by atoms with Crippen molar-refractivity contribution in [3.8, 4) is 0 Å². The molecule has 126 valence electrons. The number of aliphatic carboxylic acids is 2. The third-order valence-corrected chi connectivity index (χ3v) is 3.21. The molecule has 0 aliphatic rings. The van der Waals surface area contributed by atoms with Crippen LogP contribution in [0.2, 0.25) is 0 Å². The molecule has 0 aromatic carbocycles. The van der Waals surface area contributed by atoms with Gasteiger partial charge < -0.3 is 21.3 Å². The van der Waals surface area contributed by atoms with Crippen molar-refractivity contribution >= 4 is 17.8 Å². The van der Waals surface area contributed by atoms with Crippen LogP contribution in [0.5, 0.6) is 0 Å². The van der Waals surface area contributed by atoms with Crippen molar-refractivity contribution in [3.63, 3.8) is 0 Å². The Morgan fingerprint density at radius 1 is 1.26 bits per heavy atom. The van der Waals surface area contributed by atoms with E-state index in [9.17, 15) is 18.8 Å². The van der Waals surface area contributed by atoms with Gasteiger partial charge in [-0.3, -0.25) is 14.4 Å². The molecule has 1 heterocycles. The van der Waals surface area contributed by atoms with Crippen LogP contribution in [-0.4, -0.2) is 45.6 Å². The van der Waals surface area contributed by atoms with Crippen LogP contribution in [0.25, 0.3) is 0 Å². The van der Waals surface area contributed by atoms with Gasteiger partial charge in [-0.1, -0.05) is 0 Å². The summed E-state index contributed by atoms with van der Waals surface area (Å²) in [5.41, 5.74) is 5.51. The molecule has 0 radical (unpaired) electrons. The van der Waals surface area contributed by atoms with Crippen molar-refractivity contribution < 1.29 is 29.0 Å². The fourth-order valence-corrected chi connectivity index (χ4v) is 1.91. The summed E-state index contributed by atoms with van der Waals surface area (Å²) in [6.07, 6.45) is 1.43. The molecule has 0 saturated heterocycles. The fraction of sp³-hybridized carbons (Fsp3) is 0.429. The Hall–Kier alpha value is -2.55. The zero-order chi connectivity index (χ0) is 17.4. The van der Waals surface area contributed by atoms with Gasteiger partial charge >= 0.3 is 11.9 Å². The summed E-state index contributed by atoms with van der Waals surface area (Å²) in [6.45, 7) is 0.197. The van der Waals surface area contributed by atoms with E-state index in [-0.39, 0.29) is 24.9 Å². The highest BCUT2D eigenvalue weighted by molar-refractivity contribution is 5.93. The van der Waals surface area contributed by atoms with Crippen molar-refractivity contribution in [3.05, 3.63) is 29.8 Å². The largest absolute Gasteiger partial charge is 0.481 e. The van der Waals surface area contributed by atoms with Gasteiger partial charge in [-0.05, 0) is 31.4 Å². The zero-order valence-corrected chi connectivity index (χ0v) is 12.2. The molecular formula is C14H18FN3O5. The molecular weight excluding hydrogens is 308 g/mol. The highest BCUT2D eigenvalue weighted by Gasteiger charge is 2.23. The number of hydrogen-bond donors (Lipinski definition) is 4. The first-order valence-corrected chi connectivity index (χ1v) is 6.92. The highest BCUT2D eigenvalue weighted by atomic mass is 18.2. The lowest BCUT2D eigenvalue weighted by Crippen LogP contribution is -2.34. The molecule has 1 aromatic rings. The second-order valence-corrected chi connectivity index (χ2v) is 4.98. The number of nitrogens with two attached hydrogens (primary N) is 1. The van der Waals surface area contributed by atoms with Gasteiger partial charge in [-0.15, -0.1) is 0 Å². The lowest BCUT2D eigenvalue weighted by molar-refractivity contribution is -0.143. The number of carbonyl (C=O) groups is 3. The van der Waals surface area contributed by atoms with E-state index >= 15 is 0 Å². The van der Waals surface area contributed by atoms with E-state index in [4.69, 9.17) is 15.9 Å². The summed E-state index contributed by atoms with van der Waals surface area (Å²) in [5.74, 6) is -4.43. The molecule has 8 nitrogen and oxygen atoms in total. The number of nitrogens with zero attached hydrogens (tertiary/aromatic N) is 1. The molecule has 2 atom stereocenters. The van der Waals surface area contributed by atoms with Gasteiger partial charge in [0.25, 0.3) is 5.91 Å². The van der Waals surface area contributed by atoms with Crippen LogP contribution in [0, 0.1) is 11.9 Å². The highest BCUT2D eigenvalue weighted by Crippen LogP contribution is 2.13. The number of carboxylic acid groups (broad SMARTS) is 2. The molecule has 23 heavy (non-hydrogen) atoms. The number of hydrogen-bond acceptors (Lipinski definition) is 5. The summed E-state index contributed by atoms with van der Waals surface area (Å²) in [6, 6.07) is 1.10. The SMILES string of the molecule is N[C@@H](C[C@H](CCCNC(=O)c1ccc([18F])nc1)C(=O)O)C(=O)O. The molecule has 5 N–H and O–H groups in total. The Balaban J connectivity index is 2.39. The van der Waals surface area contributed by atoms with E-state index in [1.54, 1.807) is 0 Å². The van der Waals surface area contributed by atoms with Gasteiger partial charge in [0.15, 0.2) is 0 Å². The quantitative estimate of drug-likeness (QED) is 0.376. The predicted molar refractivity (Wildman–Crippen MR) is 77.1 cm³/mol. The number of aromatic nitrogens is 1. The topological polar surface area (TPSA) is 143 Å². The molecule has 0 bridgehead atoms. The fourth-order valence-electron chi connectivity index (χ4n) is 1.91. The number of rotatable bonds is 9. The summed E-state index contributed by atoms with van der Waals surface area (Å²) in [4.78, 5) is 36.8. The first-order valence-electron chi connectivity index (χ1n) is 6.92. The molecule has 0 spiro atoms. The minimum Gasteiger partial charge on any atom is -0.481 e. The molecule has 1 rings (SSSR count). The van der Waals surface area contributed by atoms with E-state index in [2.05, 4.69) is 10.3 Å². The average molecular weight is 326 g/mol. The molecule has 1 aromatic heterocycles. The molecule has 9 heteroatoms. The van der Waals surface area contributed by atoms with E-state index in [1.807, 2.05) is 0 Å². The average Bonchev–Trinajstić information content (AvgIpc) is 2.50. The van der Waals surface area contributed by atoms with Crippen LogP contribution in [0.3, 0.4) is 0 Å². The van der Waals surface area contributed by atoms with Crippen molar-refractivity contribution in [2.45, 2.75) is 25.3 Å². The van der Waals surface area contributed by atoms with Crippen LogP contribution >= 0.6 is 0 Å². The van der Waals surface area contributed by atoms with E-state index in [0.717, 1.165) is 12.3 Å². The normalized spacial score (nSPS) is 13.1. The molecule has 0 aliphatic heterocycles. The smallest absolute Gasteiger partial charge is 0.320 e. The standard InChI is InChI=1S/C14H18FN3O5/c15-11-4-3-9(7-18-11)12(19)17-5-1-2-8(13(20)21)6-10(16)14(22)23/h3-4,7-8,10H,1-2,5-6,16H2,(H,17,19)(H,20,21)(H,22,23)/t8-,10-/m0/s1/i15-1. The van der Waals surface area contributed by atoms with Crippen LogP contribution in [0.15, 0.2) is 18.3 Å². The maximum Gasteiger partial charge on any atom is 0.320 e. The molecule has 0 saturated carbocycles. The lowest BCUT2D eigenvalue weighted by atomic mass is 9.95. The third kappa shape index (κ3) is 6.39. The second kappa shape index (κ2) is 8.79.